The van der Waals surface area contributed by atoms with Crippen molar-refractivity contribution in [1.29, 1.82) is 0 Å². The summed E-state index contributed by atoms with van der Waals surface area (Å²) in [5.74, 6) is 0.304. The van der Waals surface area contributed by atoms with Gasteiger partial charge in [-0.25, -0.2) is 0 Å². The summed E-state index contributed by atoms with van der Waals surface area (Å²) >= 11 is 12.1. The maximum Gasteiger partial charge on any atom is 0.416 e. The van der Waals surface area contributed by atoms with E-state index < -0.39 is 17.6 Å². The molecule has 172 valence electrons. The van der Waals surface area contributed by atoms with Gasteiger partial charge in [0.2, 0.25) is 5.91 Å². The van der Waals surface area contributed by atoms with Crippen LogP contribution in [0.3, 0.4) is 0 Å². The highest BCUT2D eigenvalue weighted by Crippen LogP contribution is 2.37. The number of rotatable bonds is 5. The van der Waals surface area contributed by atoms with Crippen LogP contribution in [-0.4, -0.2) is 19.0 Å². The van der Waals surface area contributed by atoms with Gasteiger partial charge in [0.1, 0.15) is 11.5 Å². The Labute approximate surface area is 198 Å². The Morgan fingerprint density at radius 3 is 2.48 bits per heavy atom. The molecule has 1 aromatic heterocycles. The van der Waals surface area contributed by atoms with Crippen molar-refractivity contribution in [3.63, 3.8) is 0 Å². The minimum atomic E-state index is -4.51. The number of nitrogens with zero attached hydrogens (tertiary/aromatic N) is 1. The zero-order chi connectivity index (χ0) is 23.6. The Kier molecular flexibility index (Phi) is 6.72. The van der Waals surface area contributed by atoms with Crippen LogP contribution in [0.5, 0.6) is 0 Å². The fraction of sp³-hybridized carbons (Fsp3) is 0.208. The van der Waals surface area contributed by atoms with Gasteiger partial charge >= 0.3 is 6.18 Å². The number of hydrogen-bond acceptors (Lipinski definition) is 3. The first-order valence-electron chi connectivity index (χ1n) is 10.2. The normalized spacial score (nSPS) is 14.3. The topological polar surface area (TPSA) is 45.5 Å². The first-order chi connectivity index (χ1) is 15.7. The van der Waals surface area contributed by atoms with Gasteiger partial charge in [-0.3, -0.25) is 4.79 Å². The van der Waals surface area contributed by atoms with Gasteiger partial charge in [-0.05, 0) is 67.4 Å². The number of nitrogens with one attached hydrogen (secondary N) is 1. The molecule has 33 heavy (non-hydrogen) atoms. The molecule has 1 saturated heterocycles. The van der Waals surface area contributed by atoms with Crippen molar-refractivity contribution in [2.75, 3.05) is 23.3 Å². The van der Waals surface area contributed by atoms with Gasteiger partial charge in [0.05, 0.1) is 22.0 Å². The molecule has 1 aliphatic rings. The zero-order valence-corrected chi connectivity index (χ0v) is 18.8. The first-order valence-corrected chi connectivity index (χ1v) is 11.0. The van der Waals surface area contributed by atoms with Crippen LogP contribution in [0.15, 0.2) is 59.0 Å². The van der Waals surface area contributed by atoms with Gasteiger partial charge in [0.15, 0.2) is 0 Å². The standard InChI is InChI=1S/C24H19Cl2F3N2O2/c25-16-4-7-18(19(26)14-16)22-9-5-17(33-22)6-10-23(32)30-20-13-15(24(27,28)29)3-8-21(20)31-11-1-2-12-31/h3-10,13-14H,1-2,11-12H2,(H,30,32)/b10-6+. The van der Waals surface area contributed by atoms with E-state index in [2.05, 4.69) is 5.32 Å². The molecule has 0 spiro atoms. The third-order valence-electron chi connectivity index (χ3n) is 5.25. The molecule has 4 nitrogen and oxygen atoms in total. The van der Waals surface area contributed by atoms with E-state index in [1.807, 2.05) is 4.90 Å². The highest BCUT2D eigenvalue weighted by molar-refractivity contribution is 6.36. The summed E-state index contributed by atoms with van der Waals surface area (Å²) in [5.41, 5.74) is 0.513. The summed E-state index contributed by atoms with van der Waals surface area (Å²) in [6, 6.07) is 11.8. The number of furan rings is 1. The fourth-order valence-corrected chi connectivity index (χ4v) is 4.16. The highest BCUT2D eigenvalue weighted by atomic mass is 35.5. The summed E-state index contributed by atoms with van der Waals surface area (Å²) in [6.07, 6.45) is 0.0395. The lowest BCUT2D eigenvalue weighted by Crippen LogP contribution is -2.21. The summed E-state index contributed by atoms with van der Waals surface area (Å²) < 4.78 is 45.3. The monoisotopic (exact) mass is 494 g/mol. The molecule has 1 amide bonds. The second kappa shape index (κ2) is 9.53. The van der Waals surface area contributed by atoms with Crippen LogP contribution in [0.4, 0.5) is 24.5 Å². The van der Waals surface area contributed by atoms with Crippen molar-refractivity contribution in [3.05, 3.63) is 76.0 Å². The fourth-order valence-electron chi connectivity index (χ4n) is 3.65. The molecule has 1 N–H and O–H groups in total. The highest BCUT2D eigenvalue weighted by Gasteiger charge is 2.32. The maximum atomic E-state index is 13.2. The second-order valence-corrected chi connectivity index (χ2v) is 8.42. The summed E-state index contributed by atoms with van der Waals surface area (Å²) in [6.45, 7) is 1.46. The Morgan fingerprint density at radius 2 is 1.79 bits per heavy atom. The van der Waals surface area contributed by atoms with Crippen molar-refractivity contribution in [1.82, 2.24) is 0 Å². The Balaban J connectivity index is 1.52. The van der Waals surface area contributed by atoms with Crippen LogP contribution in [0, 0.1) is 0 Å². The number of carbonyl (C=O) groups excluding carboxylic acids is 1. The largest absolute Gasteiger partial charge is 0.457 e. The van der Waals surface area contributed by atoms with Crippen molar-refractivity contribution in [3.8, 4) is 11.3 Å². The van der Waals surface area contributed by atoms with Gasteiger partial charge in [0.25, 0.3) is 0 Å². The Bertz CT molecular complexity index is 1200. The predicted octanol–water partition coefficient (Wildman–Crippen LogP) is 7.52. The predicted molar refractivity (Wildman–Crippen MR) is 125 cm³/mol. The average molecular weight is 495 g/mol. The van der Waals surface area contributed by atoms with E-state index in [1.54, 1.807) is 30.3 Å². The van der Waals surface area contributed by atoms with Crippen molar-refractivity contribution < 1.29 is 22.4 Å². The van der Waals surface area contributed by atoms with E-state index in [1.165, 1.54) is 18.2 Å². The van der Waals surface area contributed by atoms with Crippen molar-refractivity contribution >= 4 is 46.6 Å². The number of alkyl halides is 3. The summed E-state index contributed by atoms with van der Waals surface area (Å²) in [4.78, 5) is 14.5. The lowest BCUT2D eigenvalue weighted by molar-refractivity contribution is -0.137. The SMILES string of the molecule is O=C(/C=C/c1ccc(-c2ccc(Cl)cc2Cl)o1)Nc1cc(C(F)(F)F)ccc1N1CCCC1. The van der Waals surface area contributed by atoms with Crippen LogP contribution in [0.25, 0.3) is 17.4 Å². The second-order valence-electron chi connectivity index (χ2n) is 7.57. The molecule has 0 aliphatic carbocycles. The maximum absolute atomic E-state index is 13.2. The quantitative estimate of drug-likeness (QED) is 0.373. The number of halogens is 5. The average Bonchev–Trinajstić information content (AvgIpc) is 3.44. The molecular weight excluding hydrogens is 476 g/mol. The summed E-state index contributed by atoms with van der Waals surface area (Å²) in [7, 11) is 0. The molecule has 0 saturated carbocycles. The van der Waals surface area contributed by atoms with Crippen LogP contribution in [0.1, 0.15) is 24.2 Å². The Hall–Kier alpha value is -2.90. The molecule has 1 fully saturated rings. The lowest BCUT2D eigenvalue weighted by atomic mass is 10.1. The molecule has 0 radical (unpaired) electrons. The van der Waals surface area contributed by atoms with Crippen LogP contribution in [-0.2, 0) is 11.0 Å². The molecule has 0 bridgehead atoms. The van der Waals surface area contributed by atoms with Crippen molar-refractivity contribution in [2.24, 2.45) is 0 Å². The van der Waals surface area contributed by atoms with Gasteiger partial charge in [-0.2, -0.15) is 13.2 Å². The molecule has 4 rings (SSSR count). The molecule has 2 aromatic carbocycles. The molecule has 0 unspecified atom stereocenters. The molecule has 1 aliphatic heterocycles. The van der Waals surface area contributed by atoms with Crippen LogP contribution in [0.2, 0.25) is 10.0 Å². The van der Waals surface area contributed by atoms with E-state index in [0.29, 0.717) is 32.8 Å². The number of amides is 1. The molecule has 3 aromatic rings. The third kappa shape index (κ3) is 5.54. The lowest BCUT2D eigenvalue weighted by Gasteiger charge is -2.22. The van der Waals surface area contributed by atoms with Crippen molar-refractivity contribution in [2.45, 2.75) is 19.0 Å². The van der Waals surface area contributed by atoms with Crippen LogP contribution >= 0.6 is 23.2 Å². The number of carbonyl (C=O) groups is 1. The van der Waals surface area contributed by atoms with Gasteiger partial charge in [-0.15, -0.1) is 0 Å². The summed E-state index contributed by atoms with van der Waals surface area (Å²) in [5, 5.41) is 3.49. The number of anilines is 2. The van der Waals surface area contributed by atoms with E-state index in [-0.39, 0.29) is 5.69 Å². The first kappa shape index (κ1) is 23.3. The zero-order valence-electron chi connectivity index (χ0n) is 17.3. The van der Waals surface area contributed by atoms with Crippen LogP contribution < -0.4 is 10.2 Å². The van der Waals surface area contributed by atoms with E-state index in [9.17, 15) is 18.0 Å². The van der Waals surface area contributed by atoms with E-state index in [4.69, 9.17) is 27.6 Å². The minimum Gasteiger partial charge on any atom is -0.457 e. The van der Waals surface area contributed by atoms with Gasteiger partial charge in [-0.1, -0.05) is 23.2 Å². The molecule has 0 atom stereocenters. The van der Waals surface area contributed by atoms with Gasteiger partial charge < -0.3 is 14.6 Å². The van der Waals surface area contributed by atoms with E-state index in [0.717, 1.165) is 38.1 Å². The Morgan fingerprint density at radius 1 is 1.03 bits per heavy atom. The smallest absolute Gasteiger partial charge is 0.416 e. The van der Waals surface area contributed by atoms with Gasteiger partial charge in [0, 0.05) is 29.8 Å². The molecule has 2 heterocycles. The van der Waals surface area contributed by atoms with E-state index >= 15 is 0 Å². The minimum absolute atomic E-state index is 0.120. The third-order valence-corrected chi connectivity index (χ3v) is 5.80. The molecular formula is C24H19Cl2F3N2O2. The number of benzene rings is 2. The number of hydrogen-bond donors (Lipinski definition) is 1. The molecule has 9 heteroatoms.